The monoisotopic (exact) mass is 439 g/mol. The molecular weight excluding hydrogens is 401 g/mol. The lowest BCUT2D eigenvalue weighted by Gasteiger charge is -2.38. The molecule has 2 atom stereocenters. The van der Waals surface area contributed by atoms with Crippen LogP contribution >= 0.6 is 0 Å². The Morgan fingerprint density at radius 3 is 2.38 bits per heavy atom. The summed E-state index contributed by atoms with van der Waals surface area (Å²) < 4.78 is 20.3. The quantitative estimate of drug-likeness (QED) is 0.626. The Bertz CT molecular complexity index is 846. The van der Waals surface area contributed by atoms with Crippen LogP contribution in [0.4, 0.5) is 10.1 Å². The van der Waals surface area contributed by atoms with E-state index in [1.54, 1.807) is 19.2 Å². The van der Waals surface area contributed by atoms with E-state index in [1.807, 2.05) is 24.3 Å². The van der Waals surface area contributed by atoms with E-state index in [-0.39, 0.29) is 17.8 Å². The van der Waals surface area contributed by atoms with Gasteiger partial charge in [0.2, 0.25) is 0 Å². The molecule has 2 aliphatic rings. The molecule has 0 spiro atoms. The second-order valence-corrected chi connectivity index (χ2v) is 9.39. The minimum absolute atomic E-state index is 0.0297. The molecule has 1 saturated carbocycles. The van der Waals surface area contributed by atoms with Crippen molar-refractivity contribution in [2.45, 2.75) is 50.5 Å². The maximum atomic E-state index is 14.8. The molecule has 5 heteroatoms. The smallest absolute Gasteiger partial charge is 0.142 e. The van der Waals surface area contributed by atoms with Gasteiger partial charge in [0.1, 0.15) is 11.6 Å². The number of hydrogen-bond acceptors (Lipinski definition) is 4. The van der Waals surface area contributed by atoms with Gasteiger partial charge in [0.25, 0.3) is 0 Å². The number of rotatable bonds is 8. The van der Waals surface area contributed by atoms with Gasteiger partial charge >= 0.3 is 0 Å². The molecule has 0 aromatic heterocycles. The summed E-state index contributed by atoms with van der Waals surface area (Å²) in [6.45, 7) is 4.90. The zero-order valence-electron chi connectivity index (χ0n) is 19.4. The highest BCUT2D eigenvalue weighted by Gasteiger charge is 2.31. The first-order valence-electron chi connectivity index (χ1n) is 12.3. The predicted octanol–water partition coefficient (Wildman–Crippen LogP) is 5.04. The third kappa shape index (κ3) is 5.44. The number of piperazine rings is 1. The van der Waals surface area contributed by atoms with Crippen LogP contribution in [0.3, 0.4) is 0 Å². The first-order valence-corrected chi connectivity index (χ1v) is 12.3. The van der Waals surface area contributed by atoms with E-state index in [9.17, 15) is 4.39 Å². The molecule has 4 nitrogen and oxygen atoms in total. The number of nitrogens with two attached hydrogens (primary N) is 1. The summed E-state index contributed by atoms with van der Waals surface area (Å²) in [4.78, 5) is 4.91. The lowest BCUT2D eigenvalue weighted by molar-refractivity contribution is 0.221. The van der Waals surface area contributed by atoms with Crippen molar-refractivity contribution in [2.24, 2.45) is 11.7 Å². The van der Waals surface area contributed by atoms with Gasteiger partial charge in [-0.1, -0.05) is 49.6 Å². The molecule has 2 fully saturated rings. The van der Waals surface area contributed by atoms with E-state index in [2.05, 4.69) is 21.9 Å². The highest BCUT2D eigenvalue weighted by molar-refractivity contribution is 5.58. The topological polar surface area (TPSA) is 41.7 Å². The number of anilines is 1. The van der Waals surface area contributed by atoms with E-state index in [1.165, 1.54) is 37.8 Å². The molecular formula is C27H38FN3O. The van der Waals surface area contributed by atoms with Crippen molar-refractivity contribution < 1.29 is 9.13 Å². The summed E-state index contributed by atoms with van der Waals surface area (Å²) in [6.07, 6.45) is 7.10. The first-order chi connectivity index (χ1) is 15.7. The fourth-order valence-corrected chi connectivity index (χ4v) is 5.60. The number of nitrogens with zero attached hydrogens (tertiary/aromatic N) is 2. The van der Waals surface area contributed by atoms with Crippen LogP contribution in [0.25, 0.3) is 0 Å². The second-order valence-electron chi connectivity index (χ2n) is 9.39. The molecule has 32 heavy (non-hydrogen) atoms. The van der Waals surface area contributed by atoms with Crippen molar-refractivity contribution in [2.75, 3.05) is 44.7 Å². The van der Waals surface area contributed by atoms with E-state index < -0.39 is 0 Å². The molecule has 2 aromatic carbocycles. The SMILES string of the molecule is COc1ccccc1N1CCN(CC[C@@H](c2ccccc2F)[C@H](N)C2CCCCC2)CC1. The molecule has 1 heterocycles. The Morgan fingerprint density at radius 1 is 0.969 bits per heavy atom. The third-order valence-electron chi connectivity index (χ3n) is 7.52. The predicted molar refractivity (Wildman–Crippen MR) is 130 cm³/mol. The molecule has 1 saturated heterocycles. The van der Waals surface area contributed by atoms with Crippen LogP contribution in [-0.4, -0.2) is 50.8 Å². The van der Waals surface area contributed by atoms with Gasteiger partial charge in [0.15, 0.2) is 0 Å². The lowest BCUT2D eigenvalue weighted by atomic mass is 9.75. The Balaban J connectivity index is 1.39. The first kappa shape index (κ1) is 23.1. The van der Waals surface area contributed by atoms with Gasteiger partial charge in [-0.05, 0) is 55.5 Å². The van der Waals surface area contributed by atoms with Gasteiger partial charge in [-0.3, -0.25) is 4.90 Å². The van der Waals surface area contributed by atoms with Crippen LogP contribution < -0.4 is 15.4 Å². The molecule has 0 amide bonds. The fraction of sp³-hybridized carbons (Fsp3) is 0.556. The molecule has 1 aliphatic carbocycles. The number of hydrogen-bond donors (Lipinski definition) is 1. The molecule has 2 N–H and O–H groups in total. The number of benzene rings is 2. The average Bonchev–Trinajstić information content (AvgIpc) is 2.86. The van der Waals surface area contributed by atoms with Gasteiger partial charge < -0.3 is 15.4 Å². The van der Waals surface area contributed by atoms with Crippen LogP contribution in [0.2, 0.25) is 0 Å². The second kappa shape index (κ2) is 11.2. The molecule has 1 aliphatic heterocycles. The lowest BCUT2D eigenvalue weighted by Crippen LogP contribution is -2.47. The van der Waals surface area contributed by atoms with Crippen molar-refractivity contribution in [3.8, 4) is 5.75 Å². The van der Waals surface area contributed by atoms with E-state index in [4.69, 9.17) is 10.5 Å². The molecule has 174 valence electrons. The summed E-state index contributed by atoms with van der Waals surface area (Å²) in [5.41, 5.74) is 8.80. The van der Waals surface area contributed by atoms with Crippen LogP contribution in [0, 0.1) is 11.7 Å². The van der Waals surface area contributed by atoms with Crippen molar-refractivity contribution in [1.82, 2.24) is 4.90 Å². The summed E-state index contributed by atoms with van der Waals surface area (Å²) in [7, 11) is 1.73. The van der Waals surface area contributed by atoms with Crippen molar-refractivity contribution >= 4 is 5.69 Å². The van der Waals surface area contributed by atoms with Gasteiger partial charge in [0, 0.05) is 38.1 Å². The molecule has 0 bridgehead atoms. The maximum Gasteiger partial charge on any atom is 0.142 e. The normalized spacial score (nSPS) is 20.2. The maximum absolute atomic E-state index is 14.8. The molecule has 2 aromatic rings. The zero-order chi connectivity index (χ0) is 22.3. The van der Waals surface area contributed by atoms with Crippen LogP contribution in [0.1, 0.15) is 50.0 Å². The zero-order valence-corrected chi connectivity index (χ0v) is 19.4. The Hall–Kier alpha value is -2.11. The van der Waals surface area contributed by atoms with E-state index in [0.29, 0.717) is 5.92 Å². The van der Waals surface area contributed by atoms with Gasteiger partial charge in [-0.15, -0.1) is 0 Å². The van der Waals surface area contributed by atoms with Crippen LogP contribution in [-0.2, 0) is 0 Å². The average molecular weight is 440 g/mol. The minimum Gasteiger partial charge on any atom is -0.495 e. The fourth-order valence-electron chi connectivity index (χ4n) is 5.60. The highest BCUT2D eigenvalue weighted by Crippen LogP contribution is 2.35. The summed E-state index contributed by atoms with van der Waals surface area (Å²) in [5, 5.41) is 0. The molecule has 0 unspecified atom stereocenters. The standard InChI is InChI=1S/C27H38FN3O/c1-32-26-14-8-7-13-25(26)31-19-17-30(18-20-31)16-15-23(22-11-5-6-12-24(22)28)27(29)21-9-3-2-4-10-21/h5-8,11-14,21,23,27H,2-4,9-10,15-20,29H2,1H3/t23-,27+/m0/s1. The Labute approximate surface area is 192 Å². The van der Waals surface area contributed by atoms with E-state index >= 15 is 0 Å². The number of ether oxygens (including phenoxy) is 1. The molecule has 0 radical (unpaired) electrons. The van der Waals surface area contributed by atoms with Crippen molar-refractivity contribution in [3.63, 3.8) is 0 Å². The highest BCUT2D eigenvalue weighted by atomic mass is 19.1. The summed E-state index contributed by atoms with van der Waals surface area (Å²) in [6, 6.07) is 15.5. The summed E-state index contributed by atoms with van der Waals surface area (Å²) >= 11 is 0. The van der Waals surface area contributed by atoms with Crippen molar-refractivity contribution in [3.05, 3.63) is 59.9 Å². The van der Waals surface area contributed by atoms with E-state index in [0.717, 1.165) is 50.5 Å². The van der Waals surface area contributed by atoms with Gasteiger partial charge in [-0.2, -0.15) is 0 Å². The minimum atomic E-state index is -0.107. The number of methoxy groups -OCH3 is 1. The van der Waals surface area contributed by atoms with Crippen LogP contribution in [0.15, 0.2) is 48.5 Å². The van der Waals surface area contributed by atoms with Crippen molar-refractivity contribution in [1.29, 1.82) is 0 Å². The van der Waals surface area contributed by atoms with Gasteiger partial charge in [-0.25, -0.2) is 4.39 Å². The Morgan fingerprint density at radius 2 is 1.66 bits per heavy atom. The molecule has 4 rings (SSSR count). The number of para-hydroxylation sites is 2. The van der Waals surface area contributed by atoms with Crippen LogP contribution in [0.5, 0.6) is 5.75 Å². The Kier molecular flexibility index (Phi) is 8.04. The third-order valence-corrected chi connectivity index (χ3v) is 7.52. The van der Waals surface area contributed by atoms with Gasteiger partial charge in [0.05, 0.1) is 12.8 Å². The largest absolute Gasteiger partial charge is 0.495 e. The summed E-state index contributed by atoms with van der Waals surface area (Å²) in [5.74, 6) is 1.41. The number of halogens is 1.